The van der Waals surface area contributed by atoms with Gasteiger partial charge in [0.25, 0.3) is 0 Å². The van der Waals surface area contributed by atoms with Gasteiger partial charge in [0, 0.05) is 28.7 Å². The Morgan fingerprint density at radius 3 is 2.88 bits per heavy atom. The van der Waals surface area contributed by atoms with Gasteiger partial charge in [-0.1, -0.05) is 12.1 Å². The van der Waals surface area contributed by atoms with E-state index in [4.69, 9.17) is 10.4 Å². The van der Waals surface area contributed by atoms with Crippen LogP contribution in [0.1, 0.15) is 28.8 Å². The summed E-state index contributed by atoms with van der Waals surface area (Å²) < 4.78 is 11.6. The van der Waals surface area contributed by atoms with Gasteiger partial charge in [-0.15, -0.1) is 0 Å². The van der Waals surface area contributed by atoms with Crippen LogP contribution in [0.5, 0.6) is 0 Å². The van der Waals surface area contributed by atoms with E-state index < -0.39 is 16.8 Å². The van der Waals surface area contributed by atoms with E-state index in [-0.39, 0.29) is 5.56 Å². The predicted octanol–water partition coefficient (Wildman–Crippen LogP) is 1.94. The zero-order valence-corrected chi connectivity index (χ0v) is 10.1. The molecule has 0 aliphatic rings. The smallest absolute Gasteiger partial charge is 0.335 e. The summed E-state index contributed by atoms with van der Waals surface area (Å²) in [6.07, 6.45) is 1.02. The lowest BCUT2D eigenvalue weighted by atomic mass is 10.1. The molecular formula is C12H13NO3S. The predicted molar refractivity (Wildman–Crippen MR) is 65.0 cm³/mol. The topological polar surface area (TPSA) is 78.2 Å². The molecule has 0 saturated carbocycles. The zero-order valence-electron chi connectivity index (χ0n) is 9.26. The molecule has 0 heterocycles. The molecule has 0 radical (unpaired) electrons. The Labute approximate surface area is 102 Å². The Morgan fingerprint density at radius 1 is 1.47 bits per heavy atom. The molecule has 5 heteroatoms. The van der Waals surface area contributed by atoms with E-state index in [1.54, 1.807) is 12.1 Å². The second-order valence-corrected chi connectivity index (χ2v) is 5.13. The largest absolute Gasteiger partial charge is 0.478 e. The van der Waals surface area contributed by atoms with Crippen molar-refractivity contribution >= 4 is 16.8 Å². The van der Waals surface area contributed by atoms with Crippen molar-refractivity contribution in [1.82, 2.24) is 0 Å². The molecule has 1 rings (SSSR count). The van der Waals surface area contributed by atoms with Gasteiger partial charge in [-0.25, -0.2) is 4.79 Å². The summed E-state index contributed by atoms with van der Waals surface area (Å²) in [6.45, 7) is 0. The summed E-state index contributed by atoms with van der Waals surface area (Å²) in [5, 5.41) is 17.2. The highest BCUT2D eigenvalue weighted by Gasteiger charge is 2.06. The van der Waals surface area contributed by atoms with E-state index >= 15 is 0 Å². The van der Waals surface area contributed by atoms with Crippen LogP contribution in [-0.4, -0.2) is 21.0 Å². The number of aromatic carboxylic acids is 1. The van der Waals surface area contributed by atoms with Gasteiger partial charge in [0.15, 0.2) is 0 Å². The number of hydrogen-bond donors (Lipinski definition) is 1. The van der Waals surface area contributed by atoms with Gasteiger partial charge in [-0.3, -0.25) is 4.21 Å². The SMILES string of the molecule is N#CCCCS(=O)Cc1cccc(C(=O)O)c1. The Hall–Kier alpha value is -1.67. The fraction of sp³-hybridized carbons (Fsp3) is 0.333. The number of hydrogen-bond acceptors (Lipinski definition) is 3. The number of nitrogens with zero attached hydrogens (tertiary/aromatic N) is 1. The number of nitriles is 1. The normalized spacial score (nSPS) is 11.7. The molecule has 1 aromatic carbocycles. The highest BCUT2D eigenvalue weighted by molar-refractivity contribution is 7.84. The van der Waals surface area contributed by atoms with Gasteiger partial charge < -0.3 is 5.11 Å². The van der Waals surface area contributed by atoms with Gasteiger partial charge in [-0.05, 0) is 24.1 Å². The summed E-state index contributed by atoms with van der Waals surface area (Å²) in [5.74, 6) is -0.167. The third-order valence-electron chi connectivity index (χ3n) is 2.16. The maximum atomic E-state index is 11.6. The van der Waals surface area contributed by atoms with Crippen molar-refractivity contribution in [3.63, 3.8) is 0 Å². The number of benzene rings is 1. The lowest BCUT2D eigenvalue weighted by Crippen LogP contribution is -2.03. The molecule has 0 aliphatic heterocycles. The lowest BCUT2D eigenvalue weighted by molar-refractivity contribution is 0.0697. The van der Waals surface area contributed by atoms with Crippen LogP contribution in [0, 0.1) is 11.3 Å². The van der Waals surface area contributed by atoms with Gasteiger partial charge in [0.05, 0.1) is 11.6 Å². The molecule has 0 spiro atoms. The summed E-state index contributed by atoms with van der Waals surface area (Å²) >= 11 is 0. The molecule has 0 saturated heterocycles. The number of rotatable bonds is 6. The van der Waals surface area contributed by atoms with Crippen LogP contribution in [-0.2, 0) is 16.6 Å². The first kappa shape index (κ1) is 13.4. The third kappa shape index (κ3) is 4.79. The first-order valence-corrected chi connectivity index (χ1v) is 6.66. The molecule has 1 aromatic rings. The second kappa shape index (κ2) is 6.81. The average molecular weight is 251 g/mol. The molecule has 0 aromatic heterocycles. The highest BCUT2D eigenvalue weighted by atomic mass is 32.2. The summed E-state index contributed by atoms with van der Waals surface area (Å²) in [5.41, 5.74) is 0.955. The molecule has 17 heavy (non-hydrogen) atoms. The molecular weight excluding hydrogens is 238 g/mol. The van der Waals surface area contributed by atoms with Crippen molar-refractivity contribution < 1.29 is 14.1 Å². The van der Waals surface area contributed by atoms with Crippen LogP contribution in [0.25, 0.3) is 0 Å². The molecule has 4 nitrogen and oxygen atoms in total. The molecule has 1 unspecified atom stereocenters. The zero-order chi connectivity index (χ0) is 12.7. The fourth-order valence-electron chi connectivity index (χ4n) is 1.36. The van der Waals surface area contributed by atoms with Crippen LogP contribution in [0.15, 0.2) is 24.3 Å². The summed E-state index contributed by atoms with van der Waals surface area (Å²) in [7, 11) is -1.04. The van der Waals surface area contributed by atoms with E-state index in [0.29, 0.717) is 24.3 Å². The number of carboxylic acid groups (broad SMARTS) is 1. The van der Waals surface area contributed by atoms with Crippen molar-refractivity contribution in [2.75, 3.05) is 5.75 Å². The van der Waals surface area contributed by atoms with Crippen LogP contribution < -0.4 is 0 Å². The molecule has 90 valence electrons. The molecule has 0 bridgehead atoms. The van der Waals surface area contributed by atoms with Gasteiger partial charge in [0.2, 0.25) is 0 Å². The van der Waals surface area contributed by atoms with Crippen molar-refractivity contribution in [3.05, 3.63) is 35.4 Å². The minimum Gasteiger partial charge on any atom is -0.478 e. The van der Waals surface area contributed by atoms with Crippen LogP contribution in [0.2, 0.25) is 0 Å². The maximum Gasteiger partial charge on any atom is 0.335 e. The second-order valence-electron chi connectivity index (χ2n) is 3.56. The first-order valence-electron chi connectivity index (χ1n) is 5.17. The monoisotopic (exact) mass is 251 g/mol. The Kier molecular flexibility index (Phi) is 5.37. The molecule has 0 aliphatic carbocycles. The molecule has 0 amide bonds. The number of carbonyl (C=O) groups is 1. The van der Waals surface area contributed by atoms with E-state index in [1.165, 1.54) is 12.1 Å². The van der Waals surface area contributed by atoms with Gasteiger partial charge in [-0.2, -0.15) is 5.26 Å². The van der Waals surface area contributed by atoms with Crippen molar-refractivity contribution in [3.8, 4) is 6.07 Å². The quantitative estimate of drug-likeness (QED) is 0.784. The van der Waals surface area contributed by atoms with Crippen LogP contribution in [0.3, 0.4) is 0 Å². The first-order chi connectivity index (χ1) is 8.13. The van der Waals surface area contributed by atoms with Crippen LogP contribution in [0.4, 0.5) is 0 Å². The Morgan fingerprint density at radius 2 is 2.24 bits per heavy atom. The minimum absolute atomic E-state index is 0.205. The number of unbranched alkanes of at least 4 members (excludes halogenated alkanes) is 1. The minimum atomic E-state index is -1.04. The van der Waals surface area contributed by atoms with Gasteiger partial charge >= 0.3 is 5.97 Å². The van der Waals surface area contributed by atoms with Crippen molar-refractivity contribution in [1.29, 1.82) is 5.26 Å². The van der Waals surface area contributed by atoms with E-state index in [9.17, 15) is 9.00 Å². The standard InChI is InChI=1S/C12H13NO3S/c13-6-1-2-7-17(16)9-10-4-3-5-11(8-10)12(14)15/h3-5,8H,1-2,7,9H2,(H,14,15). The lowest BCUT2D eigenvalue weighted by Gasteiger charge is -2.02. The van der Waals surface area contributed by atoms with E-state index in [2.05, 4.69) is 0 Å². The van der Waals surface area contributed by atoms with E-state index in [1.807, 2.05) is 6.07 Å². The fourth-order valence-corrected chi connectivity index (χ4v) is 2.53. The molecule has 0 fully saturated rings. The summed E-state index contributed by atoms with van der Waals surface area (Å²) in [4.78, 5) is 10.7. The number of carboxylic acids is 1. The maximum absolute atomic E-state index is 11.6. The van der Waals surface area contributed by atoms with Crippen molar-refractivity contribution in [2.24, 2.45) is 0 Å². The highest BCUT2D eigenvalue weighted by Crippen LogP contribution is 2.08. The summed E-state index contributed by atoms with van der Waals surface area (Å²) in [6, 6.07) is 8.44. The van der Waals surface area contributed by atoms with Crippen LogP contribution >= 0.6 is 0 Å². The van der Waals surface area contributed by atoms with Crippen molar-refractivity contribution in [2.45, 2.75) is 18.6 Å². The average Bonchev–Trinajstić information content (AvgIpc) is 2.29. The Bertz CT molecular complexity index is 465. The van der Waals surface area contributed by atoms with E-state index in [0.717, 1.165) is 5.56 Å². The van der Waals surface area contributed by atoms with Gasteiger partial charge in [0.1, 0.15) is 0 Å². The molecule has 1 N–H and O–H groups in total. The Balaban J connectivity index is 2.57. The molecule has 1 atom stereocenters. The third-order valence-corrected chi connectivity index (χ3v) is 3.56.